The number of carbonyl (C=O) groups is 1. The molecule has 0 atom stereocenters. The smallest absolute Gasteiger partial charge is 0.227 e. The van der Waals surface area contributed by atoms with Crippen LogP contribution < -0.4 is 15.8 Å². The predicted octanol–water partition coefficient (Wildman–Crippen LogP) is 2.28. The molecule has 0 heterocycles. The standard InChI is InChI=1S/C14H17N3O2/c1-19-12-7-9(8-15)6-11(13(12)16)17-14(18)10-4-2-3-5-10/h6-7,10H,2-5,16H2,1H3,(H,17,18). The maximum absolute atomic E-state index is 12.1. The number of hydrogen-bond donors (Lipinski definition) is 2. The number of nitrogens with zero attached hydrogens (tertiary/aromatic N) is 1. The van der Waals surface area contributed by atoms with Crippen LogP contribution in [0.2, 0.25) is 0 Å². The van der Waals surface area contributed by atoms with Crippen LogP contribution in [-0.4, -0.2) is 13.0 Å². The summed E-state index contributed by atoms with van der Waals surface area (Å²) in [5, 5.41) is 11.8. The number of rotatable bonds is 3. The Kier molecular flexibility index (Phi) is 3.91. The van der Waals surface area contributed by atoms with E-state index in [4.69, 9.17) is 15.7 Å². The lowest BCUT2D eigenvalue weighted by Crippen LogP contribution is -2.21. The molecule has 0 radical (unpaired) electrons. The van der Waals surface area contributed by atoms with E-state index >= 15 is 0 Å². The monoisotopic (exact) mass is 259 g/mol. The Morgan fingerprint density at radius 1 is 1.47 bits per heavy atom. The minimum absolute atomic E-state index is 0.0265. The lowest BCUT2D eigenvalue weighted by molar-refractivity contribution is -0.119. The fourth-order valence-corrected chi connectivity index (χ4v) is 2.39. The summed E-state index contributed by atoms with van der Waals surface area (Å²) >= 11 is 0. The quantitative estimate of drug-likeness (QED) is 0.815. The topological polar surface area (TPSA) is 88.1 Å². The number of methoxy groups -OCH3 is 1. The van der Waals surface area contributed by atoms with Crippen molar-refractivity contribution in [3.63, 3.8) is 0 Å². The zero-order valence-corrected chi connectivity index (χ0v) is 10.9. The number of hydrogen-bond acceptors (Lipinski definition) is 4. The van der Waals surface area contributed by atoms with Crippen LogP contribution in [0.1, 0.15) is 31.2 Å². The van der Waals surface area contributed by atoms with Crippen LogP contribution in [0.25, 0.3) is 0 Å². The van der Waals surface area contributed by atoms with Gasteiger partial charge in [0.25, 0.3) is 0 Å². The zero-order chi connectivity index (χ0) is 13.8. The largest absolute Gasteiger partial charge is 0.494 e. The molecule has 0 aromatic heterocycles. The first-order chi connectivity index (χ1) is 9.15. The molecule has 1 aliphatic carbocycles. The van der Waals surface area contributed by atoms with E-state index in [1.54, 1.807) is 12.1 Å². The number of nitriles is 1. The van der Waals surface area contributed by atoms with Gasteiger partial charge in [-0.2, -0.15) is 5.26 Å². The molecule has 1 saturated carbocycles. The number of anilines is 2. The molecule has 1 aromatic carbocycles. The van der Waals surface area contributed by atoms with Crippen molar-refractivity contribution in [2.45, 2.75) is 25.7 Å². The van der Waals surface area contributed by atoms with E-state index < -0.39 is 0 Å². The molecule has 5 heteroatoms. The van der Waals surface area contributed by atoms with Gasteiger partial charge in [-0.15, -0.1) is 0 Å². The molecular weight excluding hydrogens is 242 g/mol. The van der Waals surface area contributed by atoms with Crippen LogP contribution >= 0.6 is 0 Å². The summed E-state index contributed by atoms with van der Waals surface area (Å²) in [5.41, 5.74) is 7.13. The van der Waals surface area contributed by atoms with Crippen LogP contribution in [0.5, 0.6) is 5.75 Å². The van der Waals surface area contributed by atoms with Crippen molar-refractivity contribution < 1.29 is 9.53 Å². The van der Waals surface area contributed by atoms with Crippen LogP contribution in [0.3, 0.4) is 0 Å². The van der Waals surface area contributed by atoms with Gasteiger partial charge in [0, 0.05) is 12.0 Å². The van der Waals surface area contributed by atoms with Gasteiger partial charge in [0.15, 0.2) is 0 Å². The Bertz CT molecular complexity index is 528. The molecule has 1 aliphatic rings. The molecule has 19 heavy (non-hydrogen) atoms. The number of benzene rings is 1. The van der Waals surface area contributed by atoms with Crippen molar-refractivity contribution >= 4 is 17.3 Å². The van der Waals surface area contributed by atoms with Crippen molar-refractivity contribution in [3.05, 3.63) is 17.7 Å². The molecule has 0 unspecified atom stereocenters. The number of amides is 1. The second-order valence-corrected chi connectivity index (χ2v) is 4.72. The SMILES string of the molecule is COc1cc(C#N)cc(NC(=O)C2CCCC2)c1N. The number of ether oxygens (including phenoxy) is 1. The van der Waals surface area contributed by atoms with Gasteiger partial charge in [-0.3, -0.25) is 4.79 Å². The van der Waals surface area contributed by atoms with E-state index in [2.05, 4.69) is 5.32 Å². The van der Waals surface area contributed by atoms with Crippen LogP contribution in [0.15, 0.2) is 12.1 Å². The summed E-state index contributed by atoms with van der Waals surface area (Å²) in [6, 6.07) is 5.16. The van der Waals surface area contributed by atoms with Gasteiger partial charge < -0.3 is 15.8 Å². The molecule has 0 aliphatic heterocycles. The Balaban J connectivity index is 2.23. The first-order valence-corrected chi connectivity index (χ1v) is 6.34. The van der Waals surface area contributed by atoms with Crippen LogP contribution in [0.4, 0.5) is 11.4 Å². The van der Waals surface area contributed by atoms with Gasteiger partial charge >= 0.3 is 0 Å². The molecule has 100 valence electrons. The van der Waals surface area contributed by atoms with Gasteiger partial charge in [-0.1, -0.05) is 12.8 Å². The highest BCUT2D eigenvalue weighted by Crippen LogP contribution is 2.33. The zero-order valence-electron chi connectivity index (χ0n) is 10.9. The summed E-state index contributed by atoms with van der Waals surface area (Å²) in [6.45, 7) is 0. The van der Waals surface area contributed by atoms with Crippen molar-refractivity contribution in [1.82, 2.24) is 0 Å². The third-order valence-electron chi connectivity index (χ3n) is 3.47. The molecule has 1 fully saturated rings. The van der Waals surface area contributed by atoms with E-state index in [-0.39, 0.29) is 11.8 Å². The van der Waals surface area contributed by atoms with Crippen molar-refractivity contribution in [3.8, 4) is 11.8 Å². The Morgan fingerprint density at radius 3 is 2.74 bits per heavy atom. The fourth-order valence-electron chi connectivity index (χ4n) is 2.39. The first kappa shape index (κ1) is 13.2. The fraction of sp³-hybridized carbons (Fsp3) is 0.429. The minimum Gasteiger partial charge on any atom is -0.494 e. The second kappa shape index (κ2) is 5.61. The Morgan fingerprint density at radius 2 is 2.16 bits per heavy atom. The number of nitrogens with two attached hydrogens (primary N) is 1. The molecule has 0 saturated heterocycles. The molecular formula is C14H17N3O2. The summed E-state index contributed by atoms with van der Waals surface area (Å²) in [7, 11) is 1.48. The average molecular weight is 259 g/mol. The van der Waals surface area contributed by atoms with Crippen molar-refractivity contribution in [2.24, 2.45) is 5.92 Å². The van der Waals surface area contributed by atoms with E-state index in [0.717, 1.165) is 25.7 Å². The maximum Gasteiger partial charge on any atom is 0.227 e. The normalized spacial score (nSPS) is 14.9. The summed E-state index contributed by atoms with van der Waals surface area (Å²) in [4.78, 5) is 12.1. The van der Waals surface area contributed by atoms with Crippen LogP contribution in [0, 0.1) is 17.2 Å². The van der Waals surface area contributed by atoms with Gasteiger partial charge in [0.1, 0.15) is 5.75 Å². The molecule has 1 aromatic rings. The minimum atomic E-state index is -0.0265. The highest BCUT2D eigenvalue weighted by atomic mass is 16.5. The van der Waals surface area contributed by atoms with Crippen molar-refractivity contribution in [1.29, 1.82) is 5.26 Å². The number of nitrogen functional groups attached to an aromatic ring is 1. The highest BCUT2D eigenvalue weighted by molar-refractivity contribution is 5.96. The molecule has 1 amide bonds. The van der Waals surface area contributed by atoms with E-state index in [1.807, 2.05) is 6.07 Å². The molecule has 0 bridgehead atoms. The van der Waals surface area contributed by atoms with E-state index in [1.165, 1.54) is 7.11 Å². The third kappa shape index (κ3) is 2.79. The van der Waals surface area contributed by atoms with E-state index in [0.29, 0.717) is 22.7 Å². The second-order valence-electron chi connectivity index (χ2n) is 4.72. The van der Waals surface area contributed by atoms with E-state index in [9.17, 15) is 4.79 Å². The van der Waals surface area contributed by atoms with Gasteiger partial charge in [0.2, 0.25) is 5.91 Å². The van der Waals surface area contributed by atoms with Crippen LogP contribution in [-0.2, 0) is 4.79 Å². The highest BCUT2D eigenvalue weighted by Gasteiger charge is 2.23. The van der Waals surface area contributed by atoms with Crippen molar-refractivity contribution in [2.75, 3.05) is 18.2 Å². The van der Waals surface area contributed by atoms with Gasteiger partial charge in [0.05, 0.1) is 30.1 Å². The molecule has 3 N–H and O–H groups in total. The Labute approximate surface area is 112 Å². The maximum atomic E-state index is 12.1. The lowest BCUT2D eigenvalue weighted by atomic mass is 10.1. The molecule has 0 spiro atoms. The summed E-state index contributed by atoms with van der Waals surface area (Å²) in [5.74, 6) is 0.429. The van der Waals surface area contributed by atoms with Gasteiger partial charge in [-0.05, 0) is 18.9 Å². The summed E-state index contributed by atoms with van der Waals surface area (Å²) < 4.78 is 5.11. The molecule has 5 nitrogen and oxygen atoms in total. The number of nitrogens with one attached hydrogen (secondary N) is 1. The average Bonchev–Trinajstić information content (AvgIpc) is 2.95. The number of carbonyl (C=O) groups excluding carboxylic acids is 1. The Hall–Kier alpha value is -2.22. The third-order valence-corrected chi connectivity index (χ3v) is 3.47. The van der Waals surface area contributed by atoms with Gasteiger partial charge in [-0.25, -0.2) is 0 Å². The summed E-state index contributed by atoms with van der Waals surface area (Å²) in [6.07, 6.45) is 4.02. The first-order valence-electron chi connectivity index (χ1n) is 6.34. The predicted molar refractivity (Wildman–Crippen MR) is 72.7 cm³/mol. The molecule has 2 rings (SSSR count). The lowest BCUT2D eigenvalue weighted by Gasteiger charge is -2.14.